The van der Waals surface area contributed by atoms with E-state index in [1.807, 2.05) is 0 Å². The van der Waals surface area contributed by atoms with E-state index in [0.29, 0.717) is 6.61 Å². The highest BCUT2D eigenvalue weighted by atomic mass is 19.1. The number of piperazine rings is 1. The fraction of sp³-hybridized carbons (Fsp3) is 0.368. The molecule has 1 unspecified atom stereocenters. The number of hydrogen-bond donors (Lipinski definition) is 1. The minimum Gasteiger partial charge on any atom is -0.383 e. The number of nitrogens with one attached hydrogen (secondary N) is 1. The Hall–Kier alpha value is -1.82. The minimum atomic E-state index is -0.259. The quantitative estimate of drug-likeness (QED) is 0.911. The number of halogens is 2. The first-order valence-corrected chi connectivity index (χ1v) is 8.15. The van der Waals surface area contributed by atoms with Gasteiger partial charge < -0.3 is 10.1 Å². The molecule has 1 saturated heterocycles. The maximum absolute atomic E-state index is 13.4. The molecule has 0 spiro atoms. The number of hydrogen-bond acceptors (Lipinski definition) is 3. The van der Waals surface area contributed by atoms with Crippen molar-refractivity contribution in [3.05, 3.63) is 71.3 Å². The van der Waals surface area contributed by atoms with Crippen molar-refractivity contribution in [3.8, 4) is 0 Å². The lowest BCUT2D eigenvalue weighted by atomic mass is 9.94. The number of methoxy groups -OCH3 is 1. The summed E-state index contributed by atoms with van der Waals surface area (Å²) in [5.41, 5.74) is 1.98. The second-order valence-electron chi connectivity index (χ2n) is 6.06. The van der Waals surface area contributed by atoms with Crippen LogP contribution in [0.2, 0.25) is 0 Å². The second kappa shape index (κ2) is 7.83. The van der Waals surface area contributed by atoms with Crippen LogP contribution in [-0.2, 0) is 4.74 Å². The first-order chi connectivity index (χ1) is 11.7. The summed E-state index contributed by atoms with van der Waals surface area (Å²) in [5.74, 6) is -0.518. The van der Waals surface area contributed by atoms with Gasteiger partial charge in [0.15, 0.2) is 0 Å². The molecule has 1 heterocycles. The molecule has 1 atom stereocenters. The zero-order valence-corrected chi connectivity index (χ0v) is 13.7. The molecule has 0 amide bonds. The van der Waals surface area contributed by atoms with Crippen molar-refractivity contribution in [2.45, 2.75) is 12.1 Å². The van der Waals surface area contributed by atoms with Gasteiger partial charge in [0.25, 0.3) is 0 Å². The molecule has 0 aliphatic carbocycles. The van der Waals surface area contributed by atoms with Gasteiger partial charge in [-0.25, -0.2) is 8.78 Å². The smallest absolute Gasteiger partial charge is 0.123 e. The van der Waals surface area contributed by atoms with Crippen LogP contribution in [0.5, 0.6) is 0 Å². The molecule has 3 rings (SSSR count). The summed E-state index contributed by atoms with van der Waals surface area (Å²) in [4.78, 5) is 2.35. The van der Waals surface area contributed by atoms with Crippen LogP contribution in [0.3, 0.4) is 0 Å². The van der Waals surface area contributed by atoms with Gasteiger partial charge in [0.1, 0.15) is 11.6 Å². The Morgan fingerprint density at radius 3 is 2.08 bits per heavy atom. The molecule has 5 heteroatoms. The third-order valence-electron chi connectivity index (χ3n) is 4.46. The van der Waals surface area contributed by atoms with E-state index in [4.69, 9.17) is 4.74 Å². The van der Waals surface area contributed by atoms with Crippen molar-refractivity contribution in [2.75, 3.05) is 33.4 Å². The molecule has 2 aromatic carbocycles. The van der Waals surface area contributed by atoms with E-state index in [-0.39, 0.29) is 23.7 Å². The Balaban J connectivity index is 2.00. The Kier molecular flexibility index (Phi) is 5.56. The number of benzene rings is 2. The van der Waals surface area contributed by atoms with Crippen molar-refractivity contribution in [3.63, 3.8) is 0 Å². The van der Waals surface area contributed by atoms with E-state index in [2.05, 4.69) is 10.2 Å². The predicted molar refractivity (Wildman–Crippen MR) is 89.9 cm³/mol. The van der Waals surface area contributed by atoms with Gasteiger partial charge in [-0.3, -0.25) is 4.90 Å². The summed E-state index contributed by atoms with van der Waals surface area (Å²) in [5, 5.41) is 3.38. The molecule has 0 aromatic heterocycles. The number of ether oxygens (including phenoxy) is 1. The standard InChI is InChI=1S/C19H22F2N2O/c1-24-13-18-12-22-10-11-23(18)19(14-2-6-16(20)7-3-14)15-4-8-17(21)9-5-15/h2-9,18-19,22H,10-13H2,1H3. The number of nitrogens with zero attached hydrogens (tertiary/aromatic N) is 1. The van der Waals surface area contributed by atoms with Gasteiger partial charge in [-0.15, -0.1) is 0 Å². The van der Waals surface area contributed by atoms with Gasteiger partial charge in [-0.1, -0.05) is 24.3 Å². The second-order valence-corrected chi connectivity index (χ2v) is 6.06. The van der Waals surface area contributed by atoms with Crippen LogP contribution in [0.4, 0.5) is 8.78 Å². The summed E-state index contributed by atoms with van der Waals surface area (Å²) in [6.45, 7) is 3.14. The lowest BCUT2D eigenvalue weighted by molar-refractivity contribution is 0.0543. The lowest BCUT2D eigenvalue weighted by Crippen LogP contribution is -2.54. The summed E-state index contributed by atoms with van der Waals surface area (Å²) in [7, 11) is 1.69. The van der Waals surface area contributed by atoms with Crippen LogP contribution in [0, 0.1) is 11.6 Å². The normalized spacial score (nSPS) is 18.9. The molecule has 0 radical (unpaired) electrons. The topological polar surface area (TPSA) is 24.5 Å². The molecule has 1 aliphatic rings. The largest absolute Gasteiger partial charge is 0.383 e. The first-order valence-electron chi connectivity index (χ1n) is 8.15. The highest BCUT2D eigenvalue weighted by Crippen LogP contribution is 2.31. The zero-order chi connectivity index (χ0) is 16.9. The molecule has 1 fully saturated rings. The molecule has 2 aromatic rings. The summed E-state index contributed by atoms with van der Waals surface area (Å²) in [6.07, 6.45) is 0. The molecule has 1 N–H and O–H groups in total. The highest BCUT2D eigenvalue weighted by Gasteiger charge is 2.30. The Labute approximate surface area is 141 Å². The first kappa shape index (κ1) is 17.0. The van der Waals surface area contributed by atoms with E-state index in [9.17, 15) is 8.78 Å². The number of rotatable bonds is 5. The van der Waals surface area contributed by atoms with Crippen molar-refractivity contribution in [2.24, 2.45) is 0 Å². The van der Waals surface area contributed by atoms with Crippen molar-refractivity contribution < 1.29 is 13.5 Å². The van der Waals surface area contributed by atoms with Gasteiger partial charge in [-0.2, -0.15) is 0 Å². The molecule has 0 bridgehead atoms. The third kappa shape index (κ3) is 3.80. The molecule has 24 heavy (non-hydrogen) atoms. The monoisotopic (exact) mass is 332 g/mol. The molecular weight excluding hydrogens is 310 g/mol. The van der Waals surface area contributed by atoms with Crippen LogP contribution in [0.1, 0.15) is 17.2 Å². The lowest BCUT2D eigenvalue weighted by Gasteiger charge is -2.41. The molecule has 3 nitrogen and oxygen atoms in total. The molecular formula is C19H22F2N2O. The van der Waals surface area contributed by atoms with Gasteiger partial charge in [0.2, 0.25) is 0 Å². The third-order valence-corrected chi connectivity index (χ3v) is 4.46. The summed E-state index contributed by atoms with van der Waals surface area (Å²) >= 11 is 0. The fourth-order valence-electron chi connectivity index (χ4n) is 3.33. The SMILES string of the molecule is COCC1CNCCN1C(c1ccc(F)cc1)c1ccc(F)cc1. The molecule has 1 aliphatic heterocycles. The van der Waals surface area contributed by atoms with E-state index in [1.54, 1.807) is 31.4 Å². The van der Waals surface area contributed by atoms with E-state index >= 15 is 0 Å². The van der Waals surface area contributed by atoms with Crippen LogP contribution in [-0.4, -0.2) is 44.3 Å². The average molecular weight is 332 g/mol. The average Bonchev–Trinajstić information content (AvgIpc) is 2.60. The summed E-state index contributed by atoms with van der Waals surface area (Å²) < 4.78 is 32.1. The van der Waals surface area contributed by atoms with E-state index < -0.39 is 0 Å². The van der Waals surface area contributed by atoms with E-state index in [1.165, 1.54) is 24.3 Å². The highest BCUT2D eigenvalue weighted by molar-refractivity contribution is 5.32. The molecule has 128 valence electrons. The zero-order valence-electron chi connectivity index (χ0n) is 13.7. The van der Waals surface area contributed by atoms with Gasteiger partial charge in [0, 0.05) is 32.8 Å². The van der Waals surface area contributed by atoms with Gasteiger partial charge in [0.05, 0.1) is 12.6 Å². The van der Waals surface area contributed by atoms with Crippen LogP contribution >= 0.6 is 0 Å². The van der Waals surface area contributed by atoms with Crippen molar-refractivity contribution in [1.29, 1.82) is 0 Å². The maximum atomic E-state index is 13.4. The van der Waals surface area contributed by atoms with Crippen molar-refractivity contribution >= 4 is 0 Å². The molecule has 0 saturated carbocycles. The predicted octanol–water partition coefficient (Wildman–Crippen LogP) is 2.97. The van der Waals surface area contributed by atoms with Crippen molar-refractivity contribution in [1.82, 2.24) is 10.2 Å². The van der Waals surface area contributed by atoms with Gasteiger partial charge in [-0.05, 0) is 35.4 Å². The van der Waals surface area contributed by atoms with Gasteiger partial charge >= 0.3 is 0 Å². The van der Waals surface area contributed by atoms with Crippen LogP contribution in [0.15, 0.2) is 48.5 Å². The Morgan fingerprint density at radius 1 is 1.04 bits per heavy atom. The Morgan fingerprint density at radius 2 is 1.58 bits per heavy atom. The fourth-order valence-corrected chi connectivity index (χ4v) is 3.33. The minimum absolute atomic E-state index is 0.0616. The van der Waals surface area contributed by atoms with Crippen LogP contribution < -0.4 is 5.32 Å². The maximum Gasteiger partial charge on any atom is 0.123 e. The Bertz CT molecular complexity index is 598. The van der Waals surface area contributed by atoms with Crippen LogP contribution in [0.25, 0.3) is 0 Å². The van der Waals surface area contributed by atoms with E-state index in [0.717, 1.165) is 30.8 Å². The summed E-state index contributed by atoms with van der Waals surface area (Å²) in [6, 6.07) is 13.2.